The summed E-state index contributed by atoms with van der Waals surface area (Å²) in [6, 6.07) is -0.588. The van der Waals surface area contributed by atoms with Crippen LogP contribution in [0.2, 0.25) is 0 Å². The summed E-state index contributed by atoms with van der Waals surface area (Å²) >= 11 is 0. The third-order valence-corrected chi connectivity index (χ3v) is 2.40. The molecule has 80 valence electrons. The summed E-state index contributed by atoms with van der Waals surface area (Å²) in [6.45, 7) is 0.600. The number of hydrogen-bond donors (Lipinski definition) is 1. The number of carbonyl (C=O) groups is 1. The molecule has 1 N–H and O–H groups in total. The molecule has 0 unspecified atom stereocenters. The first-order valence-electron chi connectivity index (χ1n) is 4.65. The van der Waals surface area contributed by atoms with E-state index >= 15 is 0 Å². The number of rotatable bonds is 2. The van der Waals surface area contributed by atoms with Gasteiger partial charge in [-0.1, -0.05) is 0 Å². The summed E-state index contributed by atoms with van der Waals surface area (Å²) in [6.07, 6.45) is 3.45. The Morgan fingerprint density at radius 1 is 1.53 bits per heavy atom. The lowest BCUT2D eigenvalue weighted by atomic mass is 10.2. The average Bonchev–Trinajstić information content (AvgIpc) is 2.67. The molecule has 0 aromatic carbocycles. The van der Waals surface area contributed by atoms with E-state index in [0.29, 0.717) is 13.0 Å². The zero-order valence-corrected chi connectivity index (χ0v) is 7.93. The van der Waals surface area contributed by atoms with Crippen LogP contribution >= 0.6 is 0 Å². The van der Waals surface area contributed by atoms with Crippen molar-refractivity contribution in [3.63, 3.8) is 0 Å². The van der Waals surface area contributed by atoms with Gasteiger partial charge in [-0.3, -0.25) is 0 Å². The third kappa shape index (κ3) is 1.88. The lowest BCUT2D eigenvalue weighted by Crippen LogP contribution is -2.37. The number of hydrogen-bond acceptors (Lipinski definition) is 4. The van der Waals surface area contributed by atoms with Gasteiger partial charge in [-0.05, 0) is 12.8 Å². The van der Waals surface area contributed by atoms with Crippen molar-refractivity contribution in [2.24, 2.45) is 0 Å². The van der Waals surface area contributed by atoms with E-state index in [1.807, 2.05) is 0 Å². The average molecular weight is 211 g/mol. The van der Waals surface area contributed by atoms with Crippen LogP contribution in [-0.2, 0) is 4.79 Å². The molecule has 1 aromatic heterocycles. The summed E-state index contributed by atoms with van der Waals surface area (Å²) in [5.74, 6) is -1.13. The molecule has 1 aromatic rings. The van der Waals surface area contributed by atoms with Gasteiger partial charge in [0.25, 0.3) is 0 Å². The number of aromatic nitrogens is 2. The fraction of sp³-hybridized carbons (Fsp3) is 0.444. The molecular formula is C9H10FN3O2. The molecule has 2 heterocycles. The largest absolute Gasteiger partial charge is 0.480 e. The standard InChI is InChI=1S/C9H10FN3O2/c10-6-4-11-9(12-5-6)13-3-1-2-7(13)8(14)15/h4-5,7H,1-3H2,(H,14,15)/t7-/m1/s1. The second-order valence-corrected chi connectivity index (χ2v) is 3.39. The molecule has 1 aliphatic rings. The molecule has 15 heavy (non-hydrogen) atoms. The Morgan fingerprint density at radius 2 is 2.20 bits per heavy atom. The number of anilines is 1. The first-order valence-corrected chi connectivity index (χ1v) is 4.65. The molecule has 1 saturated heterocycles. The monoisotopic (exact) mass is 211 g/mol. The summed E-state index contributed by atoms with van der Waals surface area (Å²) in [5.41, 5.74) is 0. The summed E-state index contributed by atoms with van der Waals surface area (Å²) in [5, 5.41) is 8.93. The Labute approximate surface area is 85.6 Å². The highest BCUT2D eigenvalue weighted by atomic mass is 19.1. The lowest BCUT2D eigenvalue weighted by Gasteiger charge is -2.20. The first kappa shape index (κ1) is 9.82. The van der Waals surface area contributed by atoms with E-state index in [2.05, 4.69) is 9.97 Å². The van der Waals surface area contributed by atoms with Crippen molar-refractivity contribution in [3.05, 3.63) is 18.2 Å². The van der Waals surface area contributed by atoms with Gasteiger partial charge in [-0.2, -0.15) is 0 Å². The van der Waals surface area contributed by atoms with Gasteiger partial charge in [-0.25, -0.2) is 19.2 Å². The van der Waals surface area contributed by atoms with Gasteiger partial charge in [0.05, 0.1) is 12.4 Å². The quantitative estimate of drug-likeness (QED) is 0.778. The van der Waals surface area contributed by atoms with E-state index in [1.54, 1.807) is 4.90 Å². The SMILES string of the molecule is O=C(O)[C@H]1CCCN1c1ncc(F)cn1. The zero-order valence-electron chi connectivity index (χ0n) is 7.93. The Bertz CT molecular complexity index is 368. The normalized spacial score (nSPS) is 20.6. The van der Waals surface area contributed by atoms with Crippen LogP contribution < -0.4 is 4.90 Å². The predicted molar refractivity (Wildman–Crippen MR) is 50.0 cm³/mol. The maximum atomic E-state index is 12.6. The Morgan fingerprint density at radius 3 is 2.80 bits per heavy atom. The minimum atomic E-state index is -0.888. The molecule has 0 bridgehead atoms. The van der Waals surface area contributed by atoms with Crippen molar-refractivity contribution >= 4 is 11.9 Å². The van der Waals surface area contributed by atoms with Crippen LogP contribution in [0, 0.1) is 5.82 Å². The van der Waals surface area contributed by atoms with Crippen molar-refractivity contribution in [2.45, 2.75) is 18.9 Å². The molecule has 6 heteroatoms. The van der Waals surface area contributed by atoms with Gasteiger partial charge in [0.2, 0.25) is 5.95 Å². The Balaban J connectivity index is 2.22. The van der Waals surface area contributed by atoms with Crippen LogP contribution in [0.1, 0.15) is 12.8 Å². The van der Waals surface area contributed by atoms with Crippen LogP contribution in [-0.4, -0.2) is 33.6 Å². The molecule has 2 rings (SSSR count). The van der Waals surface area contributed by atoms with E-state index in [-0.39, 0.29) is 5.95 Å². The van der Waals surface area contributed by atoms with E-state index in [0.717, 1.165) is 18.8 Å². The minimum Gasteiger partial charge on any atom is -0.480 e. The van der Waals surface area contributed by atoms with Gasteiger partial charge in [0.15, 0.2) is 5.82 Å². The smallest absolute Gasteiger partial charge is 0.326 e. The fourth-order valence-corrected chi connectivity index (χ4v) is 1.72. The Kier molecular flexibility index (Phi) is 2.49. The van der Waals surface area contributed by atoms with Crippen molar-refractivity contribution in [3.8, 4) is 0 Å². The van der Waals surface area contributed by atoms with Crippen molar-refractivity contribution in [2.75, 3.05) is 11.4 Å². The van der Waals surface area contributed by atoms with E-state index < -0.39 is 17.8 Å². The summed E-state index contributed by atoms with van der Waals surface area (Å²) < 4.78 is 12.6. The van der Waals surface area contributed by atoms with Gasteiger partial charge in [-0.15, -0.1) is 0 Å². The molecule has 1 aliphatic heterocycles. The molecule has 1 atom stereocenters. The van der Waals surface area contributed by atoms with Crippen LogP contribution in [0.25, 0.3) is 0 Å². The van der Waals surface area contributed by atoms with Gasteiger partial charge >= 0.3 is 5.97 Å². The van der Waals surface area contributed by atoms with Crippen molar-refractivity contribution in [1.82, 2.24) is 9.97 Å². The number of carboxylic acids is 1. The van der Waals surface area contributed by atoms with Gasteiger partial charge in [0.1, 0.15) is 6.04 Å². The summed E-state index contributed by atoms with van der Waals surface area (Å²) in [7, 11) is 0. The van der Waals surface area contributed by atoms with Crippen LogP contribution in [0.4, 0.5) is 10.3 Å². The number of nitrogens with zero attached hydrogens (tertiary/aromatic N) is 3. The molecule has 0 saturated carbocycles. The minimum absolute atomic E-state index is 0.279. The second-order valence-electron chi connectivity index (χ2n) is 3.39. The number of halogens is 1. The molecule has 0 aliphatic carbocycles. The van der Waals surface area contributed by atoms with E-state index in [9.17, 15) is 9.18 Å². The first-order chi connectivity index (χ1) is 7.18. The molecule has 0 amide bonds. The van der Waals surface area contributed by atoms with E-state index in [1.165, 1.54) is 0 Å². The highest BCUT2D eigenvalue weighted by Crippen LogP contribution is 2.21. The number of carboxylic acid groups (broad SMARTS) is 1. The predicted octanol–water partition coefficient (Wildman–Crippen LogP) is 0.669. The molecule has 0 radical (unpaired) electrons. The lowest BCUT2D eigenvalue weighted by molar-refractivity contribution is -0.138. The molecule has 5 nitrogen and oxygen atoms in total. The maximum absolute atomic E-state index is 12.6. The highest BCUT2D eigenvalue weighted by Gasteiger charge is 2.32. The second kappa shape index (κ2) is 3.80. The van der Waals surface area contributed by atoms with E-state index in [4.69, 9.17) is 5.11 Å². The summed E-state index contributed by atoms with van der Waals surface area (Å²) in [4.78, 5) is 20.0. The van der Waals surface area contributed by atoms with Crippen LogP contribution in [0.3, 0.4) is 0 Å². The molecule has 0 spiro atoms. The van der Waals surface area contributed by atoms with Gasteiger partial charge in [0, 0.05) is 6.54 Å². The van der Waals surface area contributed by atoms with Gasteiger partial charge < -0.3 is 10.0 Å². The number of aliphatic carboxylic acids is 1. The van der Waals surface area contributed by atoms with Crippen molar-refractivity contribution in [1.29, 1.82) is 0 Å². The van der Waals surface area contributed by atoms with Crippen LogP contribution in [0.5, 0.6) is 0 Å². The van der Waals surface area contributed by atoms with Crippen LogP contribution in [0.15, 0.2) is 12.4 Å². The molecular weight excluding hydrogens is 201 g/mol. The highest BCUT2D eigenvalue weighted by molar-refractivity contribution is 5.77. The fourth-order valence-electron chi connectivity index (χ4n) is 1.72. The van der Waals surface area contributed by atoms with Crippen molar-refractivity contribution < 1.29 is 14.3 Å². The molecule has 1 fully saturated rings. The zero-order chi connectivity index (χ0) is 10.8. The topological polar surface area (TPSA) is 66.3 Å². The maximum Gasteiger partial charge on any atom is 0.326 e. The Hall–Kier alpha value is -1.72. The third-order valence-electron chi connectivity index (χ3n) is 2.40.